The smallest absolute Gasteiger partial charge is 0.272 e. The summed E-state index contributed by atoms with van der Waals surface area (Å²) >= 11 is 3.51. The molecule has 2 unspecified atom stereocenters. The third-order valence-corrected chi connectivity index (χ3v) is 4.97. The first-order valence-corrected chi connectivity index (χ1v) is 9.24. The fourth-order valence-electron chi connectivity index (χ4n) is 3.68. The van der Waals surface area contributed by atoms with Crippen LogP contribution in [0.2, 0.25) is 0 Å². The van der Waals surface area contributed by atoms with Crippen LogP contribution < -0.4 is 0 Å². The monoisotopic (exact) mass is 377 g/mol. The number of rotatable bonds is 3. The van der Waals surface area contributed by atoms with Crippen molar-refractivity contribution in [3.63, 3.8) is 0 Å². The normalized spacial score (nSPS) is 21.8. The summed E-state index contributed by atoms with van der Waals surface area (Å²) in [5.74, 6) is 1.24. The minimum Gasteiger partial charge on any atom is -0.337 e. The van der Waals surface area contributed by atoms with Gasteiger partial charge < -0.3 is 4.90 Å². The summed E-state index contributed by atoms with van der Waals surface area (Å²) in [6.45, 7) is 8.27. The molecule has 0 N–H and O–H groups in total. The zero-order valence-electron chi connectivity index (χ0n) is 14.1. The highest BCUT2D eigenvalue weighted by Gasteiger charge is 2.29. The van der Waals surface area contributed by atoms with Gasteiger partial charge >= 0.3 is 0 Å². The topological polar surface area (TPSA) is 37.6 Å². The maximum absolute atomic E-state index is 13.2. The van der Waals surface area contributed by atoms with Crippen LogP contribution in [0.25, 0.3) is 5.65 Å². The largest absolute Gasteiger partial charge is 0.337 e. The number of amides is 1. The number of likely N-dealkylation sites (tertiary alicyclic amines) is 1. The van der Waals surface area contributed by atoms with Crippen molar-refractivity contribution in [2.24, 2.45) is 11.8 Å². The molecule has 3 heterocycles. The van der Waals surface area contributed by atoms with Gasteiger partial charge in [0.1, 0.15) is 11.3 Å². The van der Waals surface area contributed by atoms with Crippen molar-refractivity contribution in [3.05, 3.63) is 34.2 Å². The minimum atomic E-state index is 0.123. The molecule has 23 heavy (non-hydrogen) atoms. The second-order valence-electron chi connectivity index (χ2n) is 6.89. The first-order valence-electron chi connectivity index (χ1n) is 8.45. The Labute approximate surface area is 146 Å². The molecule has 0 aliphatic carbocycles. The van der Waals surface area contributed by atoms with Gasteiger partial charge in [0.2, 0.25) is 0 Å². The second-order valence-corrected chi connectivity index (χ2v) is 7.80. The third kappa shape index (κ3) is 3.30. The Bertz CT molecular complexity index is 714. The fraction of sp³-hybridized carbons (Fsp3) is 0.556. The van der Waals surface area contributed by atoms with Crippen LogP contribution in [0.15, 0.2) is 22.8 Å². The van der Waals surface area contributed by atoms with Crippen molar-refractivity contribution in [2.75, 3.05) is 13.1 Å². The Kier molecular flexibility index (Phi) is 4.76. The van der Waals surface area contributed by atoms with Crippen LogP contribution in [-0.4, -0.2) is 33.3 Å². The number of halogens is 1. The van der Waals surface area contributed by atoms with Crippen LogP contribution in [0.4, 0.5) is 0 Å². The number of aromatic nitrogens is 2. The number of aryl methyl sites for hydroxylation is 1. The van der Waals surface area contributed by atoms with Gasteiger partial charge in [0, 0.05) is 23.8 Å². The molecular formula is C18H24BrN3O. The molecular weight excluding hydrogens is 354 g/mol. The molecule has 1 amide bonds. The molecule has 0 aromatic carbocycles. The van der Waals surface area contributed by atoms with Crippen molar-refractivity contribution in [3.8, 4) is 0 Å². The summed E-state index contributed by atoms with van der Waals surface area (Å²) < 4.78 is 2.90. The van der Waals surface area contributed by atoms with Gasteiger partial charge in [-0.15, -0.1) is 0 Å². The molecule has 2 aromatic heterocycles. The van der Waals surface area contributed by atoms with Crippen molar-refractivity contribution >= 4 is 27.5 Å². The average molecular weight is 378 g/mol. The van der Waals surface area contributed by atoms with Crippen molar-refractivity contribution in [1.82, 2.24) is 14.3 Å². The number of carbonyl (C=O) groups is 1. The second kappa shape index (κ2) is 6.63. The fourth-order valence-corrected chi connectivity index (χ4v) is 4.02. The van der Waals surface area contributed by atoms with Crippen LogP contribution in [-0.2, 0) is 6.42 Å². The number of hydrogen-bond donors (Lipinski definition) is 0. The van der Waals surface area contributed by atoms with Crippen LogP contribution in [0, 0.1) is 11.8 Å². The van der Waals surface area contributed by atoms with E-state index < -0.39 is 0 Å². The molecule has 0 saturated carbocycles. The van der Waals surface area contributed by atoms with Gasteiger partial charge in [0.25, 0.3) is 5.91 Å². The zero-order chi connectivity index (χ0) is 16.6. The first-order chi connectivity index (χ1) is 11.0. The Morgan fingerprint density at radius 3 is 2.65 bits per heavy atom. The molecule has 1 fully saturated rings. The lowest BCUT2D eigenvalue weighted by Crippen LogP contribution is -2.43. The summed E-state index contributed by atoms with van der Waals surface area (Å²) in [5, 5.41) is 0. The lowest BCUT2D eigenvalue weighted by molar-refractivity contribution is 0.0615. The first kappa shape index (κ1) is 16.5. The summed E-state index contributed by atoms with van der Waals surface area (Å²) in [6, 6.07) is 3.93. The maximum Gasteiger partial charge on any atom is 0.272 e. The highest BCUT2D eigenvalue weighted by atomic mass is 79.9. The van der Waals surface area contributed by atoms with E-state index in [-0.39, 0.29) is 5.91 Å². The lowest BCUT2D eigenvalue weighted by atomic mass is 9.91. The van der Waals surface area contributed by atoms with Gasteiger partial charge in [0.15, 0.2) is 0 Å². The minimum absolute atomic E-state index is 0.123. The Hall–Kier alpha value is -1.36. The van der Waals surface area contributed by atoms with Crippen LogP contribution in [0.3, 0.4) is 0 Å². The van der Waals surface area contributed by atoms with E-state index in [0.29, 0.717) is 11.8 Å². The molecule has 3 rings (SSSR count). The van der Waals surface area contributed by atoms with Gasteiger partial charge in [0.05, 0.1) is 5.69 Å². The number of carbonyl (C=O) groups excluding carboxylic acids is 1. The van der Waals surface area contributed by atoms with Crippen molar-refractivity contribution in [2.45, 2.75) is 40.0 Å². The molecule has 124 valence electrons. The summed E-state index contributed by atoms with van der Waals surface area (Å²) in [7, 11) is 0. The molecule has 1 aliphatic heterocycles. The molecule has 0 spiro atoms. The number of imidazole rings is 1. The zero-order valence-corrected chi connectivity index (χ0v) is 15.6. The molecule has 0 bridgehead atoms. The van der Waals surface area contributed by atoms with Crippen LogP contribution >= 0.6 is 15.9 Å². The van der Waals surface area contributed by atoms with Gasteiger partial charge in [-0.1, -0.05) is 27.2 Å². The molecule has 1 saturated heterocycles. The Morgan fingerprint density at radius 1 is 1.30 bits per heavy atom. The van der Waals surface area contributed by atoms with E-state index in [1.165, 1.54) is 6.42 Å². The average Bonchev–Trinajstić information content (AvgIpc) is 2.83. The van der Waals surface area contributed by atoms with Crippen LogP contribution in [0.5, 0.6) is 0 Å². The number of fused-ring (bicyclic) bond motifs is 1. The van der Waals surface area contributed by atoms with E-state index in [4.69, 9.17) is 4.98 Å². The number of hydrogen-bond acceptors (Lipinski definition) is 2. The van der Waals surface area contributed by atoms with Crippen molar-refractivity contribution < 1.29 is 4.79 Å². The summed E-state index contributed by atoms with van der Waals surface area (Å²) in [4.78, 5) is 19.9. The quantitative estimate of drug-likeness (QED) is 0.804. The van der Waals surface area contributed by atoms with Crippen molar-refractivity contribution in [1.29, 1.82) is 0 Å². The van der Waals surface area contributed by atoms with E-state index >= 15 is 0 Å². The van der Waals surface area contributed by atoms with Gasteiger partial charge in [-0.05, 0) is 52.7 Å². The maximum atomic E-state index is 13.2. The number of nitrogens with zero attached hydrogens (tertiary/aromatic N) is 3. The van der Waals surface area contributed by atoms with Crippen LogP contribution in [0.1, 0.15) is 49.8 Å². The number of pyridine rings is 1. The van der Waals surface area contributed by atoms with Gasteiger partial charge in [-0.2, -0.15) is 0 Å². The SMILES string of the molecule is CCCc1nc2ccc(Br)cn2c1C(=O)N1CC(C)CC(C)C1. The van der Waals surface area contributed by atoms with E-state index in [1.807, 2.05) is 27.6 Å². The highest BCUT2D eigenvalue weighted by molar-refractivity contribution is 9.10. The molecule has 2 aromatic rings. The molecule has 0 radical (unpaired) electrons. The van der Waals surface area contributed by atoms with Gasteiger partial charge in [-0.3, -0.25) is 9.20 Å². The Morgan fingerprint density at radius 2 is 2.00 bits per heavy atom. The van der Waals surface area contributed by atoms with E-state index in [0.717, 1.165) is 47.4 Å². The summed E-state index contributed by atoms with van der Waals surface area (Å²) in [6.07, 6.45) is 4.97. The molecule has 5 heteroatoms. The predicted molar refractivity (Wildman–Crippen MR) is 95.7 cm³/mol. The molecule has 4 nitrogen and oxygen atoms in total. The lowest BCUT2D eigenvalue weighted by Gasteiger charge is -2.35. The summed E-state index contributed by atoms with van der Waals surface area (Å²) in [5.41, 5.74) is 2.50. The van der Waals surface area contributed by atoms with E-state index in [1.54, 1.807) is 0 Å². The third-order valence-electron chi connectivity index (χ3n) is 4.50. The van der Waals surface area contributed by atoms with Gasteiger partial charge in [-0.25, -0.2) is 4.98 Å². The van der Waals surface area contributed by atoms with E-state index in [9.17, 15) is 4.79 Å². The molecule has 2 atom stereocenters. The standard InChI is InChI=1S/C18H24BrN3O/c1-4-5-15-17(22-11-14(19)6-7-16(22)20-15)18(23)21-9-12(2)8-13(3)10-21/h6-7,11-13H,4-5,8-10H2,1-3H3. The number of piperidine rings is 1. The Balaban J connectivity index is 2.04. The molecule has 1 aliphatic rings. The van der Waals surface area contributed by atoms with E-state index in [2.05, 4.69) is 36.7 Å². The highest BCUT2D eigenvalue weighted by Crippen LogP contribution is 2.25. The predicted octanol–water partition coefficient (Wildman–Crippen LogP) is 4.17.